The van der Waals surface area contributed by atoms with E-state index in [1.54, 1.807) is 25.1 Å². The minimum Gasteiger partial charge on any atom is -0.462 e. The number of hydrogen-bond donors (Lipinski definition) is 1. The number of carbonyl (C=O) groups is 1. The van der Waals surface area contributed by atoms with Crippen molar-refractivity contribution in [1.29, 1.82) is 0 Å². The summed E-state index contributed by atoms with van der Waals surface area (Å²) < 4.78 is 41.2. The number of benzene rings is 4. The number of fused-ring (bicyclic) bond motifs is 3. The number of carbonyl (C=O) groups excluding carboxylic acids is 1. The molecule has 0 atom stereocenters. The van der Waals surface area contributed by atoms with Crippen LogP contribution in [-0.4, -0.2) is 21.0 Å². The van der Waals surface area contributed by atoms with Gasteiger partial charge >= 0.3 is 5.97 Å². The van der Waals surface area contributed by atoms with E-state index in [2.05, 4.69) is 18.6 Å². The first-order valence-electron chi connectivity index (χ1n) is 12.1. The van der Waals surface area contributed by atoms with Crippen molar-refractivity contribution >= 4 is 43.4 Å². The maximum Gasteiger partial charge on any atom is 0.342 e. The van der Waals surface area contributed by atoms with E-state index >= 15 is 0 Å². The molecule has 4 aromatic carbocycles. The van der Waals surface area contributed by atoms with Crippen LogP contribution in [0, 0.1) is 0 Å². The fourth-order valence-corrected chi connectivity index (χ4v) is 5.51. The van der Waals surface area contributed by atoms with Crippen molar-refractivity contribution in [2.45, 2.75) is 31.6 Å². The zero-order valence-electron chi connectivity index (χ0n) is 20.8. The largest absolute Gasteiger partial charge is 0.462 e. The Morgan fingerprint density at radius 2 is 1.54 bits per heavy atom. The highest BCUT2D eigenvalue weighted by molar-refractivity contribution is 7.92. The Balaban J connectivity index is 1.72. The van der Waals surface area contributed by atoms with Crippen LogP contribution < -0.4 is 4.72 Å². The van der Waals surface area contributed by atoms with Crippen LogP contribution in [0.15, 0.2) is 94.2 Å². The van der Waals surface area contributed by atoms with Crippen molar-refractivity contribution in [3.8, 4) is 11.3 Å². The number of hydrogen-bond acceptors (Lipinski definition) is 5. The van der Waals surface area contributed by atoms with Crippen molar-refractivity contribution in [1.82, 2.24) is 0 Å². The summed E-state index contributed by atoms with van der Waals surface area (Å²) in [5.41, 5.74) is 2.87. The molecule has 0 fully saturated rings. The molecule has 0 radical (unpaired) electrons. The van der Waals surface area contributed by atoms with Gasteiger partial charge in [0.1, 0.15) is 16.9 Å². The summed E-state index contributed by atoms with van der Waals surface area (Å²) in [4.78, 5) is 13.3. The maximum atomic E-state index is 13.4. The molecule has 0 aliphatic carbocycles. The Bertz CT molecular complexity index is 1700. The molecule has 0 bridgehead atoms. The average molecular weight is 514 g/mol. The quantitative estimate of drug-likeness (QED) is 0.230. The molecule has 0 saturated carbocycles. The van der Waals surface area contributed by atoms with Crippen molar-refractivity contribution < 1.29 is 22.4 Å². The molecule has 0 aliphatic heterocycles. The summed E-state index contributed by atoms with van der Waals surface area (Å²) in [5.74, 6) is 0.134. The third-order valence-electron chi connectivity index (χ3n) is 6.31. The SMILES string of the molecule is CCOC(=O)c1c(-c2ccccc2)oc2c1cc(NS(=O)(=O)c1ccc(C(C)C)cc1)c1ccccc12. The molecule has 5 aromatic rings. The highest BCUT2D eigenvalue weighted by atomic mass is 32.2. The first-order chi connectivity index (χ1) is 17.8. The van der Waals surface area contributed by atoms with Gasteiger partial charge in [0.25, 0.3) is 10.0 Å². The number of furan rings is 1. The van der Waals surface area contributed by atoms with Crippen LogP contribution in [0.25, 0.3) is 33.1 Å². The van der Waals surface area contributed by atoms with Gasteiger partial charge in [0.05, 0.1) is 17.2 Å². The van der Waals surface area contributed by atoms with Crippen LogP contribution in [0.4, 0.5) is 5.69 Å². The van der Waals surface area contributed by atoms with E-state index in [9.17, 15) is 13.2 Å². The summed E-state index contributed by atoms with van der Waals surface area (Å²) >= 11 is 0. The minimum absolute atomic E-state index is 0.156. The average Bonchev–Trinajstić information content (AvgIpc) is 3.29. The number of anilines is 1. The number of rotatable bonds is 7. The fourth-order valence-electron chi connectivity index (χ4n) is 4.44. The van der Waals surface area contributed by atoms with Crippen molar-refractivity contribution in [3.05, 3.63) is 96.1 Å². The van der Waals surface area contributed by atoms with Gasteiger partial charge in [0, 0.05) is 21.7 Å². The van der Waals surface area contributed by atoms with E-state index in [4.69, 9.17) is 9.15 Å². The molecule has 0 amide bonds. The molecular formula is C30H27NO5S. The van der Waals surface area contributed by atoms with Gasteiger partial charge in [-0.2, -0.15) is 0 Å². The third kappa shape index (κ3) is 4.58. The smallest absolute Gasteiger partial charge is 0.342 e. The zero-order chi connectivity index (χ0) is 26.2. The van der Waals surface area contributed by atoms with Crippen molar-refractivity contribution in [3.63, 3.8) is 0 Å². The number of sulfonamides is 1. The van der Waals surface area contributed by atoms with E-state index in [0.29, 0.717) is 33.2 Å². The second kappa shape index (κ2) is 9.75. The number of ether oxygens (including phenoxy) is 1. The van der Waals surface area contributed by atoms with E-state index in [0.717, 1.165) is 11.1 Å². The molecule has 0 saturated heterocycles. The third-order valence-corrected chi connectivity index (χ3v) is 7.69. The van der Waals surface area contributed by atoms with Crippen molar-refractivity contribution in [2.75, 3.05) is 11.3 Å². The van der Waals surface area contributed by atoms with Gasteiger partial charge in [0.2, 0.25) is 0 Å². The molecule has 1 heterocycles. The predicted molar refractivity (Wildman–Crippen MR) is 146 cm³/mol. The first kappa shape index (κ1) is 24.6. The summed E-state index contributed by atoms with van der Waals surface area (Å²) in [6, 6.07) is 25.2. The monoisotopic (exact) mass is 513 g/mol. The summed E-state index contributed by atoms with van der Waals surface area (Å²) in [7, 11) is -3.90. The molecule has 7 heteroatoms. The second-order valence-corrected chi connectivity index (χ2v) is 10.8. The van der Waals surface area contributed by atoms with Crippen LogP contribution in [0.3, 0.4) is 0 Å². The van der Waals surface area contributed by atoms with Gasteiger partial charge < -0.3 is 9.15 Å². The molecule has 37 heavy (non-hydrogen) atoms. The summed E-state index contributed by atoms with van der Waals surface area (Å²) in [5, 5.41) is 1.81. The molecule has 188 valence electrons. The number of nitrogens with one attached hydrogen (secondary N) is 1. The maximum absolute atomic E-state index is 13.4. The Hall–Kier alpha value is -4.10. The van der Waals surface area contributed by atoms with Gasteiger partial charge in [-0.25, -0.2) is 13.2 Å². The molecule has 5 rings (SSSR count). The lowest BCUT2D eigenvalue weighted by molar-refractivity contribution is 0.0528. The Labute approximate surface area is 215 Å². The summed E-state index contributed by atoms with van der Waals surface area (Å²) in [6.07, 6.45) is 0. The Morgan fingerprint density at radius 3 is 2.19 bits per heavy atom. The Morgan fingerprint density at radius 1 is 0.892 bits per heavy atom. The molecule has 1 aromatic heterocycles. The van der Waals surface area contributed by atoms with E-state index in [-0.39, 0.29) is 23.0 Å². The molecule has 0 spiro atoms. The topological polar surface area (TPSA) is 85.6 Å². The van der Waals surface area contributed by atoms with Crippen LogP contribution in [-0.2, 0) is 14.8 Å². The van der Waals surface area contributed by atoms with Gasteiger partial charge in [0.15, 0.2) is 0 Å². The molecular weight excluding hydrogens is 486 g/mol. The highest BCUT2D eigenvalue weighted by Crippen LogP contribution is 2.41. The van der Waals surface area contributed by atoms with Crippen LogP contribution in [0.5, 0.6) is 0 Å². The fraction of sp³-hybridized carbons (Fsp3) is 0.167. The van der Waals surface area contributed by atoms with Gasteiger partial charge in [-0.1, -0.05) is 80.6 Å². The van der Waals surface area contributed by atoms with Gasteiger partial charge in [-0.05, 0) is 36.6 Å². The lowest BCUT2D eigenvalue weighted by Gasteiger charge is -2.13. The molecule has 6 nitrogen and oxygen atoms in total. The van der Waals surface area contributed by atoms with E-state index < -0.39 is 16.0 Å². The van der Waals surface area contributed by atoms with Crippen LogP contribution in [0.2, 0.25) is 0 Å². The standard InChI is InChI=1S/C30H27NO5S/c1-4-35-30(32)27-25-18-26(31-37(33,34)22-16-14-20(15-17-22)19(2)3)23-12-8-9-13-24(23)29(25)36-28(27)21-10-6-5-7-11-21/h5-19,31H,4H2,1-3H3. The van der Waals surface area contributed by atoms with E-state index in [1.165, 1.54) is 0 Å². The lowest BCUT2D eigenvalue weighted by Crippen LogP contribution is -2.13. The highest BCUT2D eigenvalue weighted by Gasteiger charge is 2.26. The number of esters is 1. The molecule has 0 unspecified atom stereocenters. The second-order valence-electron chi connectivity index (χ2n) is 9.07. The van der Waals surface area contributed by atoms with Crippen LogP contribution >= 0.6 is 0 Å². The minimum atomic E-state index is -3.90. The van der Waals surface area contributed by atoms with Crippen LogP contribution in [0.1, 0.15) is 42.6 Å². The molecule has 1 N–H and O–H groups in total. The normalized spacial score (nSPS) is 11.8. The van der Waals surface area contributed by atoms with Gasteiger partial charge in [-0.3, -0.25) is 4.72 Å². The summed E-state index contributed by atoms with van der Waals surface area (Å²) in [6.45, 7) is 6.04. The first-order valence-corrected chi connectivity index (χ1v) is 13.6. The molecule has 0 aliphatic rings. The zero-order valence-corrected chi connectivity index (χ0v) is 21.6. The lowest BCUT2D eigenvalue weighted by atomic mass is 10.0. The Kier molecular flexibility index (Phi) is 6.48. The predicted octanol–water partition coefficient (Wildman–Crippen LogP) is 7.35. The van der Waals surface area contributed by atoms with Gasteiger partial charge in [-0.15, -0.1) is 0 Å². The van der Waals surface area contributed by atoms with Crippen molar-refractivity contribution in [2.24, 2.45) is 0 Å². The van der Waals surface area contributed by atoms with E-state index in [1.807, 2.05) is 66.7 Å².